The van der Waals surface area contributed by atoms with Crippen molar-refractivity contribution < 1.29 is 4.74 Å². The van der Waals surface area contributed by atoms with E-state index in [4.69, 9.17) is 4.74 Å². The topological polar surface area (TPSA) is 21.3 Å². The Kier molecular flexibility index (Phi) is 6.86. The molecule has 90 valence electrons. The van der Waals surface area contributed by atoms with Gasteiger partial charge < -0.3 is 10.1 Å². The Balaban J connectivity index is 2.41. The molecule has 16 heavy (non-hydrogen) atoms. The third-order valence-electron chi connectivity index (χ3n) is 2.78. The Hall–Kier alpha value is -0.860. The minimum atomic E-state index is 0.628. The van der Waals surface area contributed by atoms with Gasteiger partial charge in [0.15, 0.2) is 0 Å². The summed E-state index contributed by atoms with van der Waals surface area (Å²) in [5.41, 5.74) is 1.44. The smallest absolute Gasteiger partial charge is 0.0587 e. The highest BCUT2D eigenvalue weighted by molar-refractivity contribution is 5.19. The number of benzene rings is 1. The van der Waals surface area contributed by atoms with E-state index in [9.17, 15) is 0 Å². The van der Waals surface area contributed by atoms with Gasteiger partial charge in [0.25, 0.3) is 0 Å². The lowest BCUT2D eigenvalue weighted by molar-refractivity contribution is 0.198. The van der Waals surface area contributed by atoms with Crippen LogP contribution in [-0.2, 0) is 4.74 Å². The third-order valence-corrected chi connectivity index (χ3v) is 2.78. The van der Waals surface area contributed by atoms with Gasteiger partial charge in [-0.3, -0.25) is 0 Å². The molecule has 0 saturated carbocycles. The molecule has 0 aliphatic rings. The molecule has 2 heteroatoms. The zero-order valence-electron chi connectivity index (χ0n) is 10.4. The molecule has 1 aromatic rings. The van der Waals surface area contributed by atoms with Crippen LogP contribution in [0.5, 0.6) is 0 Å². The largest absolute Gasteiger partial charge is 0.383 e. The maximum Gasteiger partial charge on any atom is 0.0587 e. The molecule has 1 unspecified atom stereocenters. The van der Waals surface area contributed by atoms with E-state index >= 15 is 0 Å². The zero-order valence-corrected chi connectivity index (χ0v) is 10.4. The Bertz CT molecular complexity index is 261. The van der Waals surface area contributed by atoms with Crippen molar-refractivity contribution in [3.8, 4) is 0 Å². The van der Waals surface area contributed by atoms with Crippen molar-refractivity contribution >= 4 is 0 Å². The van der Waals surface area contributed by atoms with Crippen molar-refractivity contribution in [2.45, 2.75) is 25.7 Å². The van der Waals surface area contributed by atoms with E-state index in [1.807, 2.05) is 0 Å². The second kappa shape index (κ2) is 8.31. The molecule has 1 atom stereocenters. The first-order valence-electron chi connectivity index (χ1n) is 6.13. The number of ether oxygens (including phenoxy) is 1. The lowest BCUT2D eigenvalue weighted by Crippen LogP contribution is -2.25. The van der Waals surface area contributed by atoms with E-state index in [-0.39, 0.29) is 0 Å². The maximum absolute atomic E-state index is 5.03. The molecule has 0 heterocycles. The number of nitrogens with one attached hydrogen (secondary N) is 1. The molecule has 2 nitrogen and oxygen atoms in total. The second-order valence-corrected chi connectivity index (χ2v) is 4.09. The number of hydrogen-bond donors (Lipinski definition) is 1. The fourth-order valence-corrected chi connectivity index (χ4v) is 1.91. The summed E-state index contributed by atoms with van der Waals surface area (Å²) in [6.07, 6.45) is 2.47. The Morgan fingerprint density at radius 3 is 2.62 bits per heavy atom. The molecule has 0 amide bonds. The highest BCUT2D eigenvalue weighted by Crippen LogP contribution is 2.19. The minimum absolute atomic E-state index is 0.628. The molecular formula is C14H23NO. The summed E-state index contributed by atoms with van der Waals surface area (Å²) >= 11 is 0. The Morgan fingerprint density at radius 2 is 2.00 bits per heavy atom. The first kappa shape index (κ1) is 13.2. The monoisotopic (exact) mass is 221 g/mol. The van der Waals surface area contributed by atoms with Gasteiger partial charge >= 0.3 is 0 Å². The molecule has 0 fully saturated rings. The van der Waals surface area contributed by atoms with Crippen LogP contribution in [0.25, 0.3) is 0 Å². The van der Waals surface area contributed by atoms with Gasteiger partial charge in [-0.1, -0.05) is 43.7 Å². The van der Waals surface area contributed by atoms with Crippen molar-refractivity contribution in [3.05, 3.63) is 35.9 Å². The van der Waals surface area contributed by atoms with Crippen LogP contribution in [0.1, 0.15) is 31.2 Å². The van der Waals surface area contributed by atoms with Crippen molar-refractivity contribution in [2.75, 3.05) is 26.8 Å². The van der Waals surface area contributed by atoms with Gasteiger partial charge in [-0.25, -0.2) is 0 Å². The van der Waals surface area contributed by atoms with Gasteiger partial charge in [0.1, 0.15) is 0 Å². The SMILES string of the molecule is CCCC(CNCCOC)c1ccccc1. The summed E-state index contributed by atoms with van der Waals surface area (Å²) in [5, 5.41) is 3.44. The maximum atomic E-state index is 5.03. The standard InChI is InChI=1S/C14H23NO/c1-3-7-14(12-15-10-11-16-2)13-8-5-4-6-9-13/h4-6,8-9,14-15H,3,7,10-12H2,1-2H3. The van der Waals surface area contributed by atoms with Gasteiger partial charge in [0.05, 0.1) is 6.61 Å². The van der Waals surface area contributed by atoms with Crippen molar-refractivity contribution in [3.63, 3.8) is 0 Å². The molecule has 1 N–H and O–H groups in total. The zero-order chi connectivity index (χ0) is 11.6. The molecular weight excluding hydrogens is 198 g/mol. The van der Waals surface area contributed by atoms with Crippen LogP contribution in [0, 0.1) is 0 Å². The van der Waals surface area contributed by atoms with Crippen LogP contribution < -0.4 is 5.32 Å². The lowest BCUT2D eigenvalue weighted by atomic mass is 9.94. The van der Waals surface area contributed by atoms with Gasteiger partial charge in [0.2, 0.25) is 0 Å². The van der Waals surface area contributed by atoms with Crippen molar-refractivity contribution in [1.29, 1.82) is 0 Å². The molecule has 1 rings (SSSR count). The van der Waals surface area contributed by atoms with Gasteiger partial charge in [-0.15, -0.1) is 0 Å². The van der Waals surface area contributed by atoms with Crippen LogP contribution in [-0.4, -0.2) is 26.8 Å². The van der Waals surface area contributed by atoms with Crippen molar-refractivity contribution in [1.82, 2.24) is 5.32 Å². The lowest BCUT2D eigenvalue weighted by Gasteiger charge is -2.17. The van der Waals surface area contributed by atoms with E-state index in [0.29, 0.717) is 5.92 Å². The highest BCUT2D eigenvalue weighted by atomic mass is 16.5. The Labute approximate surface area is 99.0 Å². The summed E-state index contributed by atoms with van der Waals surface area (Å²) < 4.78 is 5.03. The highest BCUT2D eigenvalue weighted by Gasteiger charge is 2.09. The summed E-state index contributed by atoms with van der Waals surface area (Å²) in [5.74, 6) is 0.628. The molecule has 0 bridgehead atoms. The van der Waals surface area contributed by atoms with E-state index in [1.165, 1.54) is 18.4 Å². The quantitative estimate of drug-likeness (QED) is 0.682. The van der Waals surface area contributed by atoms with E-state index in [2.05, 4.69) is 42.6 Å². The van der Waals surface area contributed by atoms with Gasteiger partial charge in [0, 0.05) is 20.2 Å². The fraction of sp³-hybridized carbons (Fsp3) is 0.571. The number of hydrogen-bond acceptors (Lipinski definition) is 2. The fourth-order valence-electron chi connectivity index (χ4n) is 1.91. The normalized spacial score (nSPS) is 12.6. The van der Waals surface area contributed by atoms with Gasteiger partial charge in [-0.05, 0) is 17.9 Å². The van der Waals surface area contributed by atoms with Crippen LogP contribution in [0.3, 0.4) is 0 Å². The van der Waals surface area contributed by atoms with Crippen molar-refractivity contribution in [2.24, 2.45) is 0 Å². The molecule has 0 radical (unpaired) electrons. The summed E-state index contributed by atoms with van der Waals surface area (Å²) in [7, 11) is 1.74. The average molecular weight is 221 g/mol. The predicted molar refractivity (Wildman–Crippen MR) is 68.8 cm³/mol. The molecule has 0 spiro atoms. The van der Waals surface area contributed by atoms with E-state index in [1.54, 1.807) is 7.11 Å². The van der Waals surface area contributed by atoms with E-state index < -0.39 is 0 Å². The van der Waals surface area contributed by atoms with Crippen LogP contribution in [0.4, 0.5) is 0 Å². The number of rotatable bonds is 8. The minimum Gasteiger partial charge on any atom is -0.383 e. The van der Waals surface area contributed by atoms with Crippen LogP contribution in [0.2, 0.25) is 0 Å². The van der Waals surface area contributed by atoms with Gasteiger partial charge in [-0.2, -0.15) is 0 Å². The predicted octanol–water partition coefficient (Wildman–Crippen LogP) is 2.81. The summed E-state index contributed by atoms with van der Waals surface area (Å²) in [6.45, 7) is 5.00. The van der Waals surface area contributed by atoms with E-state index in [0.717, 1.165) is 19.7 Å². The molecule has 0 saturated heterocycles. The summed E-state index contributed by atoms with van der Waals surface area (Å²) in [4.78, 5) is 0. The third kappa shape index (κ3) is 4.77. The molecule has 0 aromatic heterocycles. The van der Waals surface area contributed by atoms with Crippen LogP contribution in [0.15, 0.2) is 30.3 Å². The second-order valence-electron chi connectivity index (χ2n) is 4.09. The first-order chi connectivity index (χ1) is 7.88. The molecule has 1 aromatic carbocycles. The molecule has 0 aliphatic heterocycles. The first-order valence-corrected chi connectivity index (χ1v) is 6.13. The average Bonchev–Trinajstić information content (AvgIpc) is 2.34. The van der Waals surface area contributed by atoms with Crippen LogP contribution >= 0.6 is 0 Å². The number of methoxy groups -OCH3 is 1. The molecule has 0 aliphatic carbocycles. The Morgan fingerprint density at radius 1 is 1.25 bits per heavy atom. The summed E-state index contributed by atoms with van der Waals surface area (Å²) in [6, 6.07) is 10.8.